The van der Waals surface area contributed by atoms with Crippen molar-refractivity contribution in [1.82, 2.24) is 0 Å². The summed E-state index contributed by atoms with van der Waals surface area (Å²) >= 11 is 7.83. The van der Waals surface area contributed by atoms with Crippen LogP contribution in [-0.2, 0) is 9.53 Å². The van der Waals surface area contributed by atoms with Crippen LogP contribution in [0, 0.1) is 0 Å². The number of esters is 1. The molecule has 0 N–H and O–H groups in total. The van der Waals surface area contributed by atoms with Crippen molar-refractivity contribution in [3.05, 3.63) is 91.0 Å². The van der Waals surface area contributed by atoms with Crippen LogP contribution in [0.5, 0.6) is 0 Å². The summed E-state index contributed by atoms with van der Waals surface area (Å²) < 4.78 is 5.73. The Labute approximate surface area is 172 Å². The zero-order chi connectivity index (χ0) is 20.3. The van der Waals surface area contributed by atoms with E-state index < -0.39 is 11.6 Å². The van der Waals surface area contributed by atoms with Gasteiger partial charge in [-0.1, -0.05) is 0 Å². The SMILES string of the molecule is CC(C)(C)OC(=O)CP(Cl)(c1ccccc1)(c1ccccc1)c1ccccc1. The van der Waals surface area contributed by atoms with Gasteiger partial charge >= 0.3 is 172 Å². The topological polar surface area (TPSA) is 26.3 Å². The fourth-order valence-corrected chi connectivity index (χ4v) is 9.23. The van der Waals surface area contributed by atoms with Gasteiger partial charge in [-0.05, 0) is 0 Å². The van der Waals surface area contributed by atoms with E-state index in [1.165, 1.54) is 0 Å². The second kappa shape index (κ2) is 7.70. The van der Waals surface area contributed by atoms with Crippen LogP contribution in [0.3, 0.4) is 0 Å². The molecule has 0 atom stereocenters. The molecule has 146 valence electrons. The van der Waals surface area contributed by atoms with Crippen LogP contribution in [0.1, 0.15) is 20.8 Å². The fourth-order valence-electron chi connectivity index (χ4n) is 3.55. The minimum atomic E-state index is -3.60. The van der Waals surface area contributed by atoms with Gasteiger partial charge in [0.25, 0.3) is 0 Å². The maximum absolute atomic E-state index is 13.1. The first-order valence-corrected chi connectivity index (χ1v) is 12.7. The number of hydrogen-bond acceptors (Lipinski definition) is 2. The third kappa shape index (κ3) is 3.85. The molecule has 0 amide bonds. The molecule has 3 aromatic rings. The van der Waals surface area contributed by atoms with Gasteiger partial charge in [-0.3, -0.25) is 0 Å². The maximum atomic E-state index is 13.1. The van der Waals surface area contributed by atoms with Crippen LogP contribution >= 0.6 is 17.2 Å². The van der Waals surface area contributed by atoms with Gasteiger partial charge in [-0.25, -0.2) is 0 Å². The first-order valence-electron chi connectivity index (χ1n) is 9.35. The van der Waals surface area contributed by atoms with Crippen molar-refractivity contribution >= 4 is 39.1 Å². The van der Waals surface area contributed by atoms with Gasteiger partial charge in [0.05, 0.1) is 0 Å². The first-order chi connectivity index (χ1) is 13.2. The Balaban J connectivity index is 2.32. The molecule has 3 rings (SSSR count). The Morgan fingerprint density at radius 3 is 1.36 bits per heavy atom. The average Bonchev–Trinajstić information content (AvgIpc) is 2.68. The van der Waals surface area contributed by atoms with Crippen LogP contribution in [0.15, 0.2) is 91.0 Å². The minimum absolute atomic E-state index is 0.0997. The summed E-state index contributed by atoms with van der Waals surface area (Å²) in [6.45, 7) is 5.63. The summed E-state index contributed by atoms with van der Waals surface area (Å²) in [6, 6.07) is 29.9. The number of hydrogen-bond donors (Lipinski definition) is 0. The normalized spacial score (nSPS) is 13.4. The molecule has 0 saturated carbocycles. The molecule has 2 nitrogen and oxygen atoms in total. The number of carbonyl (C=O) groups excluding carboxylic acids is 1. The van der Waals surface area contributed by atoms with Gasteiger partial charge in [0.1, 0.15) is 0 Å². The molecule has 0 radical (unpaired) electrons. The molecule has 0 aromatic heterocycles. The molecule has 0 saturated heterocycles. The summed E-state index contributed by atoms with van der Waals surface area (Å²) in [5.41, 5.74) is -0.576. The summed E-state index contributed by atoms with van der Waals surface area (Å²) in [7, 11) is 0. The molecule has 0 aliphatic heterocycles. The molecular weight excluding hydrogens is 387 g/mol. The number of ether oxygens (including phenoxy) is 1. The molecule has 0 unspecified atom stereocenters. The monoisotopic (exact) mass is 412 g/mol. The van der Waals surface area contributed by atoms with E-state index in [0.717, 1.165) is 15.9 Å². The second-order valence-corrected chi connectivity index (χ2v) is 14.4. The quantitative estimate of drug-likeness (QED) is 0.435. The molecule has 0 spiro atoms. The van der Waals surface area contributed by atoms with Gasteiger partial charge in [0.2, 0.25) is 0 Å². The van der Waals surface area contributed by atoms with Crippen molar-refractivity contribution in [2.24, 2.45) is 0 Å². The van der Waals surface area contributed by atoms with Crippen molar-refractivity contribution in [3.63, 3.8) is 0 Å². The van der Waals surface area contributed by atoms with Gasteiger partial charge < -0.3 is 0 Å². The summed E-state index contributed by atoms with van der Waals surface area (Å²) in [6.07, 6.45) is 0.0997. The summed E-state index contributed by atoms with van der Waals surface area (Å²) in [5, 5.41) is 2.87. The van der Waals surface area contributed by atoms with Crippen LogP contribution < -0.4 is 15.9 Å². The Bertz CT molecular complexity index is 835. The standard InChI is InChI=1S/C24H26ClO2P/c1-24(2,3)27-23(26)19-28(25,20-13-7-4-8-14-20,21-15-9-5-10-16-21)22-17-11-6-12-18-22/h4-18H,19H2,1-3H3. The van der Waals surface area contributed by atoms with E-state index in [4.69, 9.17) is 16.0 Å². The van der Waals surface area contributed by atoms with E-state index in [9.17, 15) is 4.79 Å². The van der Waals surface area contributed by atoms with E-state index in [1.807, 2.05) is 112 Å². The van der Waals surface area contributed by atoms with E-state index in [0.29, 0.717) is 0 Å². The Hall–Kier alpha value is -2.15. The van der Waals surface area contributed by atoms with Crippen LogP contribution in [0.2, 0.25) is 0 Å². The van der Waals surface area contributed by atoms with E-state index >= 15 is 0 Å². The molecule has 4 heteroatoms. The molecule has 0 heterocycles. The first kappa shape index (κ1) is 20.6. The van der Waals surface area contributed by atoms with Crippen LogP contribution in [0.4, 0.5) is 0 Å². The molecule has 0 fully saturated rings. The Morgan fingerprint density at radius 1 is 0.750 bits per heavy atom. The molecule has 0 aliphatic rings. The zero-order valence-corrected chi connectivity index (χ0v) is 18.2. The average molecular weight is 413 g/mol. The van der Waals surface area contributed by atoms with E-state index in [-0.39, 0.29) is 12.1 Å². The van der Waals surface area contributed by atoms with Crippen molar-refractivity contribution in [1.29, 1.82) is 0 Å². The Morgan fingerprint density at radius 2 is 1.07 bits per heavy atom. The molecule has 28 heavy (non-hydrogen) atoms. The second-order valence-electron chi connectivity index (χ2n) is 7.93. The van der Waals surface area contributed by atoms with Crippen molar-refractivity contribution < 1.29 is 9.53 Å². The van der Waals surface area contributed by atoms with Gasteiger partial charge in [-0.15, -0.1) is 0 Å². The molecule has 0 bridgehead atoms. The molecular formula is C24H26ClO2P. The third-order valence-electron chi connectivity index (χ3n) is 4.73. The van der Waals surface area contributed by atoms with Crippen molar-refractivity contribution in [3.8, 4) is 0 Å². The predicted octanol–water partition coefficient (Wildman–Crippen LogP) is 5.01. The zero-order valence-electron chi connectivity index (χ0n) is 16.5. The fraction of sp³-hybridized carbons (Fsp3) is 0.208. The third-order valence-corrected chi connectivity index (χ3v) is 11.8. The van der Waals surface area contributed by atoms with E-state index in [2.05, 4.69) is 0 Å². The number of carbonyl (C=O) groups is 1. The summed E-state index contributed by atoms with van der Waals surface area (Å²) in [5.74, 6) is -3.90. The van der Waals surface area contributed by atoms with E-state index in [1.54, 1.807) is 0 Å². The number of benzene rings is 3. The molecule has 3 aromatic carbocycles. The molecule has 0 aliphatic carbocycles. The van der Waals surface area contributed by atoms with Crippen LogP contribution in [0.25, 0.3) is 0 Å². The summed E-state index contributed by atoms with van der Waals surface area (Å²) in [4.78, 5) is 13.1. The van der Waals surface area contributed by atoms with Gasteiger partial charge in [-0.2, -0.15) is 0 Å². The predicted molar refractivity (Wildman–Crippen MR) is 122 cm³/mol. The number of halogens is 1. The van der Waals surface area contributed by atoms with Crippen molar-refractivity contribution in [2.45, 2.75) is 26.4 Å². The number of rotatable bonds is 5. The van der Waals surface area contributed by atoms with Gasteiger partial charge in [0.15, 0.2) is 0 Å². The van der Waals surface area contributed by atoms with Crippen LogP contribution in [-0.4, -0.2) is 17.7 Å². The van der Waals surface area contributed by atoms with Crippen molar-refractivity contribution in [2.75, 3.05) is 6.16 Å². The van der Waals surface area contributed by atoms with Gasteiger partial charge in [0, 0.05) is 0 Å². The Kier molecular flexibility index (Phi) is 5.66.